The largest absolute Gasteiger partial charge is 0.381 e. The maximum atomic E-state index is 13.2. The average molecular weight is 432 g/mol. The third-order valence-electron chi connectivity index (χ3n) is 5.45. The number of thioether (sulfide) groups is 1. The zero-order valence-electron chi connectivity index (χ0n) is 16.6. The molecular weight excluding hydrogens is 406 g/mol. The van der Waals surface area contributed by atoms with Crippen molar-refractivity contribution in [3.05, 3.63) is 46.6 Å². The Kier molecular flexibility index (Phi) is 6.73. The van der Waals surface area contributed by atoms with E-state index in [4.69, 9.17) is 16.3 Å². The Morgan fingerprint density at radius 2 is 2.00 bits per heavy atom. The number of anilines is 1. The summed E-state index contributed by atoms with van der Waals surface area (Å²) >= 11 is 8.41. The number of carbonyl (C=O) groups excluding carboxylic acids is 1. The number of nitrogens with one attached hydrogen (secondary N) is 1. The van der Waals surface area contributed by atoms with Crippen molar-refractivity contribution in [2.45, 2.75) is 55.1 Å². The fraction of sp³-hybridized carbons (Fsp3) is 0.500. The van der Waals surface area contributed by atoms with E-state index < -0.39 is 0 Å². The Hall–Kier alpha value is -1.63. The first kappa shape index (κ1) is 20.6. The Labute approximate surface area is 181 Å². The van der Waals surface area contributed by atoms with E-state index in [2.05, 4.69) is 27.6 Å². The van der Waals surface area contributed by atoms with Crippen LogP contribution < -0.4 is 5.32 Å². The molecule has 1 aliphatic heterocycles. The molecule has 0 bridgehead atoms. The molecule has 7 heteroatoms. The molecule has 1 saturated carbocycles. The molecule has 1 N–H and O–H groups in total. The van der Waals surface area contributed by atoms with Gasteiger partial charge in [-0.15, -0.1) is 16.9 Å². The number of nitrogens with zero attached hydrogens (tertiary/aromatic N) is 2. The third kappa shape index (κ3) is 5.71. The van der Waals surface area contributed by atoms with E-state index in [0.29, 0.717) is 17.0 Å². The van der Waals surface area contributed by atoms with Crippen LogP contribution >= 0.6 is 23.4 Å². The van der Waals surface area contributed by atoms with Crippen LogP contribution in [0.25, 0.3) is 0 Å². The Morgan fingerprint density at radius 3 is 2.66 bits per heavy atom. The van der Waals surface area contributed by atoms with E-state index in [-0.39, 0.29) is 11.8 Å². The lowest BCUT2D eigenvalue weighted by molar-refractivity contribution is -0.118. The number of carbonyl (C=O) groups is 1. The number of rotatable bonds is 7. The summed E-state index contributed by atoms with van der Waals surface area (Å²) in [6.07, 6.45) is 5.26. The molecule has 1 aromatic heterocycles. The highest BCUT2D eigenvalue weighted by Gasteiger charge is 2.28. The van der Waals surface area contributed by atoms with Gasteiger partial charge in [-0.1, -0.05) is 17.7 Å². The lowest BCUT2D eigenvalue weighted by atomic mass is 9.84. The molecule has 2 aromatic rings. The quantitative estimate of drug-likeness (QED) is 0.650. The van der Waals surface area contributed by atoms with Gasteiger partial charge < -0.3 is 10.1 Å². The summed E-state index contributed by atoms with van der Waals surface area (Å²) in [6.45, 7) is 3.40. The molecule has 1 unspecified atom stereocenters. The third-order valence-corrected chi connectivity index (χ3v) is 7.29. The van der Waals surface area contributed by atoms with Crippen LogP contribution in [0, 0.1) is 12.8 Å². The second kappa shape index (κ2) is 9.45. The zero-order valence-corrected chi connectivity index (χ0v) is 18.1. The van der Waals surface area contributed by atoms with Crippen molar-refractivity contribution >= 4 is 35.1 Å². The van der Waals surface area contributed by atoms with Crippen LogP contribution in [0.5, 0.6) is 0 Å². The molecule has 1 atom stereocenters. The molecule has 0 radical (unpaired) electrons. The average Bonchev–Trinajstić information content (AvgIpc) is 3.54. The first-order valence-electron chi connectivity index (χ1n) is 10.2. The second-order valence-corrected chi connectivity index (χ2v) is 9.65. The minimum atomic E-state index is -0.279. The van der Waals surface area contributed by atoms with Gasteiger partial charge in [0.2, 0.25) is 5.91 Å². The summed E-state index contributed by atoms with van der Waals surface area (Å²) in [5, 5.41) is 12.5. The number of ether oxygens (including phenoxy) is 1. The number of aryl methyl sites for hydroxylation is 1. The summed E-state index contributed by atoms with van der Waals surface area (Å²) in [6, 6.07) is 9.72. The number of hydrogen-bond donors (Lipinski definition) is 1. The minimum Gasteiger partial charge on any atom is -0.381 e. The zero-order chi connectivity index (χ0) is 20.2. The smallest absolute Gasteiger partial charge is 0.233 e. The summed E-state index contributed by atoms with van der Waals surface area (Å²) in [5.41, 5.74) is 1.77. The van der Waals surface area contributed by atoms with E-state index in [1.807, 2.05) is 30.8 Å². The molecule has 1 amide bonds. The second-order valence-electron chi connectivity index (χ2n) is 7.90. The molecule has 29 heavy (non-hydrogen) atoms. The van der Waals surface area contributed by atoms with Gasteiger partial charge in [-0.2, -0.15) is 5.10 Å². The Bertz CT molecular complexity index is 852. The highest BCUT2D eigenvalue weighted by atomic mass is 35.5. The molecule has 0 spiro atoms. The Morgan fingerprint density at radius 1 is 1.21 bits per heavy atom. The highest BCUT2D eigenvalue weighted by Crippen LogP contribution is 2.43. The number of benzene rings is 1. The number of amides is 1. The van der Waals surface area contributed by atoms with Crippen LogP contribution in [-0.4, -0.2) is 34.6 Å². The van der Waals surface area contributed by atoms with Crippen molar-refractivity contribution in [1.82, 2.24) is 10.2 Å². The van der Waals surface area contributed by atoms with Gasteiger partial charge in [0.1, 0.15) is 0 Å². The number of halogens is 1. The fourth-order valence-electron chi connectivity index (χ4n) is 3.58. The number of hydrogen-bond acceptors (Lipinski definition) is 5. The van der Waals surface area contributed by atoms with Crippen molar-refractivity contribution in [3.8, 4) is 0 Å². The van der Waals surface area contributed by atoms with Gasteiger partial charge in [0.05, 0.1) is 16.6 Å². The van der Waals surface area contributed by atoms with Gasteiger partial charge in [0, 0.05) is 23.4 Å². The molecule has 5 nitrogen and oxygen atoms in total. The summed E-state index contributed by atoms with van der Waals surface area (Å²) < 4.78 is 5.49. The topological polar surface area (TPSA) is 64.1 Å². The Balaban J connectivity index is 1.54. The van der Waals surface area contributed by atoms with E-state index in [0.717, 1.165) is 53.7 Å². The predicted octanol–water partition coefficient (Wildman–Crippen LogP) is 5.23. The van der Waals surface area contributed by atoms with Gasteiger partial charge in [0.15, 0.2) is 5.82 Å². The first-order valence-corrected chi connectivity index (χ1v) is 11.5. The molecule has 4 rings (SSSR count). The molecule has 2 aliphatic rings. The van der Waals surface area contributed by atoms with Crippen molar-refractivity contribution in [2.24, 2.45) is 5.92 Å². The fourth-order valence-corrected chi connectivity index (χ4v) is 4.96. The molecular formula is C22H26ClN3O2S. The van der Waals surface area contributed by atoms with Crippen molar-refractivity contribution in [3.63, 3.8) is 0 Å². The van der Waals surface area contributed by atoms with Crippen LogP contribution in [0.2, 0.25) is 5.02 Å². The lowest BCUT2D eigenvalue weighted by Gasteiger charge is -2.26. The van der Waals surface area contributed by atoms with Gasteiger partial charge in [-0.05, 0) is 74.8 Å². The maximum absolute atomic E-state index is 13.2. The van der Waals surface area contributed by atoms with Gasteiger partial charge in [-0.25, -0.2) is 0 Å². The number of aromatic nitrogens is 2. The van der Waals surface area contributed by atoms with Crippen molar-refractivity contribution in [1.29, 1.82) is 0 Å². The standard InChI is InChI=1S/C22H26ClN3O2S/c1-14-2-7-21(26-25-14)24-22(27)18(12-15-8-10-28-11-9-15)16-3-6-20(19(23)13-16)29-17-4-5-17/h2-3,6-7,13,15,17-18H,4-5,8-12H2,1H3,(H,24,26,27). The van der Waals surface area contributed by atoms with E-state index in [9.17, 15) is 4.79 Å². The van der Waals surface area contributed by atoms with Gasteiger partial charge in [-0.3, -0.25) is 4.79 Å². The lowest BCUT2D eigenvalue weighted by Crippen LogP contribution is -2.26. The SMILES string of the molecule is Cc1ccc(NC(=O)C(CC2CCOCC2)c2ccc(SC3CC3)c(Cl)c2)nn1. The maximum Gasteiger partial charge on any atom is 0.233 e. The van der Waals surface area contributed by atoms with E-state index in [1.165, 1.54) is 12.8 Å². The molecule has 2 fully saturated rings. The van der Waals surface area contributed by atoms with Crippen LogP contribution in [0.15, 0.2) is 35.2 Å². The van der Waals surface area contributed by atoms with Gasteiger partial charge >= 0.3 is 0 Å². The van der Waals surface area contributed by atoms with Crippen LogP contribution in [0.1, 0.15) is 49.3 Å². The summed E-state index contributed by atoms with van der Waals surface area (Å²) in [4.78, 5) is 14.3. The minimum absolute atomic E-state index is 0.0618. The summed E-state index contributed by atoms with van der Waals surface area (Å²) in [7, 11) is 0. The van der Waals surface area contributed by atoms with Crippen LogP contribution in [0.4, 0.5) is 5.82 Å². The van der Waals surface area contributed by atoms with Crippen molar-refractivity contribution < 1.29 is 9.53 Å². The predicted molar refractivity (Wildman–Crippen MR) is 117 cm³/mol. The van der Waals surface area contributed by atoms with Crippen LogP contribution in [0.3, 0.4) is 0 Å². The van der Waals surface area contributed by atoms with E-state index >= 15 is 0 Å². The molecule has 1 aliphatic carbocycles. The molecule has 154 valence electrons. The van der Waals surface area contributed by atoms with Gasteiger partial charge in [0.25, 0.3) is 0 Å². The van der Waals surface area contributed by atoms with E-state index in [1.54, 1.807) is 6.07 Å². The molecule has 2 heterocycles. The highest BCUT2D eigenvalue weighted by molar-refractivity contribution is 8.00. The van der Waals surface area contributed by atoms with Crippen molar-refractivity contribution in [2.75, 3.05) is 18.5 Å². The molecule has 1 aromatic carbocycles. The first-order chi connectivity index (χ1) is 14.1. The monoisotopic (exact) mass is 431 g/mol. The normalized spacial score (nSPS) is 18.4. The van der Waals surface area contributed by atoms with Crippen LogP contribution in [-0.2, 0) is 9.53 Å². The summed E-state index contributed by atoms with van der Waals surface area (Å²) in [5.74, 6) is 0.597. The molecule has 1 saturated heterocycles.